The molecule has 0 aliphatic heterocycles. The van der Waals surface area contributed by atoms with Crippen LogP contribution in [-0.4, -0.2) is 16.7 Å². The van der Waals surface area contributed by atoms with Gasteiger partial charge >= 0.3 is 0 Å². The first-order valence-electron chi connectivity index (χ1n) is 7.19. The first kappa shape index (κ1) is 14.5. The lowest BCUT2D eigenvalue weighted by Crippen LogP contribution is -2.33. The average molecular weight is 348 g/mol. The lowest BCUT2D eigenvalue weighted by molar-refractivity contribution is 0.0216. The Morgan fingerprint density at radius 3 is 2.95 bits per heavy atom. The maximum absolute atomic E-state index is 11.0. The molecule has 0 spiro atoms. The minimum Gasteiger partial charge on any atom is -0.492 e. The molecule has 3 nitrogen and oxygen atoms in total. The molecule has 1 N–H and O–H groups in total. The number of ether oxygens (including phenoxy) is 1. The number of pyridine rings is 1. The number of aryl methyl sites for hydroxylation is 1. The van der Waals surface area contributed by atoms with Crippen molar-refractivity contribution in [3.63, 3.8) is 0 Å². The van der Waals surface area contributed by atoms with Gasteiger partial charge in [-0.2, -0.15) is 0 Å². The zero-order chi connectivity index (χ0) is 14.9. The van der Waals surface area contributed by atoms with Crippen molar-refractivity contribution < 1.29 is 9.84 Å². The van der Waals surface area contributed by atoms with Crippen molar-refractivity contribution in [2.24, 2.45) is 0 Å². The third kappa shape index (κ3) is 2.97. The van der Waals surface area contributed by atoms with Gasteiger partial charge in [0, 0.05) is 22.7 Å². The number of benzene rings is 1. The van der Waals surface area contributed by atoms with Gasteiger partial charge in [-0.3, -0.25) is 4.98 Å². The van der Waals surface area contributed by atoms with E-state index in [9.17, 15) is 5.11 Å². The largest absolute Gasteiger partial charge is 0.492 e. The van der Waals surface area contributed by atoms with Gasteiger partial charge in [-0.25, -0.2) is 0 Å². The summed E-state index contributed by atoms with van der Waals surface area (Å²) in [6, 6.07) is 8.16. The van der Waals surface area contributed by atoms with Crippen molar-refractivity contribution in [1.29, 1.82) is 0 Å². The molecular weight excluding hydrogens is 330 g/mol. The topological polar surface area (TPSA) is 42.4 Å². The van der Waals surface area contributed by atoms with Crippen molar-refractivity contribution in [2.75, 3.05) is 6.61 Å². The molecule has 1 aliphatic rings. The first-order chi connectivity index (χ1) is 10.1. The normalized spacial score (nSPS) is 20.9. The van der Waals surface area contributed by atoms with Crippen molar-refractivity contribution in [1.82, 2.24) is 4.98 Å². The SMILES string of the molecule is CCOc1cncc(C2(O)CCc3cc(Br)ccc3C2)c1. The number of aromatic nitrogens is 1. The predicted molar refractivity (Wildman–Crippen MR) is 85.5 cm³/mol. The molecule has 0 fully saturated rings. The van der Waals surface area contributed by atoms with Gasteiger partial charge in [0.2, 0.25) is 0 Å². The molecule has 0 amide bonds. The Labute approximate surface area is 133 Å². The van der Waals surface area contributed by atoms with Crippen LogP contribution >= 0.6 is 15.9 Å². The van der Waals surface area contributed by atoms with E-state index in [1.54, 1.807) is 12.4 Å². The van der Waals surface area contributed by atoms with Gasteiger partial charge in [0.05, 0.1) is 18.4 Å². The van der Waals surface area contributed by atoms with Crippen LogP contribution in [0.1, 0.15) is 30.0 Å². The van der Waals surface area contributed by atoms with Gasteiger partial charge in [0.25, 0.3) is 0 Å². The third-order valence-corrected chi connectivity index (χ3v) is 4.51. The van der Waals surface area contributed by atoms with Gasteiger partial charge in [0.15, 0.2) is 0 Å². The van der Waals surface area contributed by atoms with Gasteiger partial charge in [-0.05, 0) is 49.1 Å². The van der Waals surface area contributed by atoms with E-state index >= 15 is 0 Å². The Bertz CT molecular complexity index is 659. The monoisotopic (exact) mass is 347 g/mol. The summed E-state index contributed by atoms with van der Waals surface area (Å²) in [6.45, 7) is 2.54. The van der Waals surface area contributed by atoms with E-state index in [0.29, 0.717) is 25.2 Å². The van der Waals surface area contributed by atoms with Crippen molar-refractivity contribution >= 4 is 15.9 Å². The summed E-state index contributed by atoms with van der Waals surface area (Å²) in [5.41, 5.74) is 2.49. The van der Waals surface area contributed by atoms with E-state index in [4.69, 9.17) is 4.74 Å². The van der Waals surface area contributed by atoms with Crippen LogP contribution in [0.15, 0.2) is 41.1 Å². The molecule has 1 unspecified atom stereocenters. The highest BCUT2D eigenvalue weighted by Gasteiger charge is 2.34. The smallest absolute Gasteiger partial charge is 0.137 e. The maximum Gasteiger partial charge on any atom is 0.137 e. The lowest BCUT2D eigenvalue weighted by atomic mass is 9.77. The fourth-order valence-electron chi connectivity index (χ4n) is 2.91. The third-order valence-electron chi connectivity index (χ3n) is 4.02. The van der Waals surface area contributed by atoms with Crippen LogP contribution in [-0.2, 0) is 18.4 Å². The molecule has 4 heteroatoms. The van der Waals surface area contributed by atoms with Crippen molar-refractivity contribution in [2.45, 2.75) is 31.8 Å². The van der Waals surface area contributed by atoms with E-state index in [1.807, 2.05) is 19.1 Å². The molecular formula is C17H18BrNO2. The van der Waals surface area contributed by atoms with Gasteiger partial charge in [-0.15, -0.1) is 0 Å². The van der Waals surface area contributed by atoms with Crippen LogP contribution in [0, 0.1) is 0 Å². The van der Waals surface area contributed by atoms with Crippen molar-refractivity contribution in [3.05, 3.63) is 57.8 Å². The second-order valence-corrected chi connectivity index (χ2v) is 6.38. The first-order valence-corrected chi connectivity index (χ1v) is 7.98. The van der Waals surface area contributed by atoms with Crippen LogP contribution in [0.5, 0.6) is 5.75 Å². The van der Waals surface area contributed by atoms with E-state index in [-0.39, 0.29) is 0 Å². The fourth-order valence-corrected chi connectivity index (χ4v) is 3.32. The maximum atomic E-state index is 11.0. The molecule has 1 heterocycles. The number of rotatable bonds is 3. The zero-order valence-corrected chi connectivity index (χ0v) is 13.6. The van der Waals surface area contributed by atoms with Crippen LogP contribution in [0.4, 0.5) is 0 Å². The molecule has 1 atom stereocenters. The number of aliphatic hydroxyl groups is 1. The van der Waals surface area contributed by atoms with Crippen LogP contribution in [0.2, 0.25) is 0 Å². The average Bonchev–Trinajstić information content (AvgIpc) is 2.48. The summed E-state index contributed by atoms with van der Waals surface area (Å²) in [6.07, 6.45) is 5.61. The molecule has 1 aromatic heterocycles. The standard InChI is InChI=1S/C17H18BrNO2/c1-2-21-16-8-14(10-19-11-16)17(20)6-5-12-7-15(18)4-3-13(12)9-17/h3-4,7-8,10-11,20H,2,5-6,9H2,1H3. The summed E-state index contributed by atoms with van der Waals surface area (Å²) in [5.74, 6) is 0.713. The number of hydrogen-bond acceptors (Lipinski definition) is 3. The van der Waals surface area contributed by atoms with Crippen LogP contribution in [0.3, 0.4) is 0 Å². The highest BCUT2D eigenvalue weighted by Crippen LogP contribution is 2.37. The molecule has 1 aromatic carbocycles. The predicted octanol–water partition coefficient (Wildman–Crippen LogP) is 3.62. The molecule has 2 aromatic rings. The minimum absolute atomic E-state index is 0.598. The lowest BCUT2D eigenvalue weighted by Gasteiger charge is -2.34. The number of fused-ring (bicyclic) bond motifs is 1. The van der Waals surface area contributed by atoms with E-state index in [1.165, 1.54) is 11.1 Å². The summed E-state index contributed by atoms with van der Waals surface area (Å²) >= 11 is 3.50. The molecule has 21 heavy (non-hydrogen) atoms. The minimum atomic E-state index is -0.860. The quantitative estimate of drug-likeness (QED) is 0.921. The van der Waals surface area contributed by atoms with Gasteiger partial charge < -0.3 is 9.84 Å². The molecule has 1 aliphatic carbocycles. The van der Waals surface area contributed by atoms with Crippen LogP contribution < -0.4 is 4.74 Å². The summed E-state index contributed by atoms with van der Waals surface area (Å²) in [5, 5.41) is 11.0. The van der Waals surface area contributed by atoms with E-state index < -0.39 is 5.60 Å². The molecule has 110 valence electrons. The summed E-state index contributed by atoms with van der Waals surface area (Å²) in [4.78, 5) is 4.20. The van der Waals surface area contributed by atoms with Crippen LogP contribution in [0.25, 0.3) is 0 Å². The highest BCUT2D eigenvalue weighted by atomic mass is 79.9. The summed E-state index contributed by atoms with van der Waals surface area (Å²) in [7, 11) is 0. The molecule has 0 saturated carbocycles. The molecule has 0 radical (unpaired) electrons. The van der Waals surface area contributed by atoms with Gasteiger partial charge in [0.1, 0.15) is 5.75 Å². The second kappa shape index (κ2) is 5.78. The second-order valence-electron chi connectivity index (χ2n) is 5.46. The van der Waals surface area contributed by atoms with Crippen molar-refractivity contribution in [3.8, 4) is 5.75 Å². The Morgan fingerprint density at radius 2 is 2.14 bits per heavy atom. The molecule has 0 bridgehead atoms. The molecule has 0 saturated heterocycles. The number of hydrogen-bond donors (Lipinski definition) is 1. The van der Waals surface area contributed by atoms with E-state index in [2.05, 4.69) is 33.0 Å². The molecule has 3 rings (SSSR count). The fraction of sp³-hybridized carbons (Fsp3) is 0.353. The van der Waals surface area contributed by atoms with E-state index in [0.717, 1.165) is 16.5 Å². The number of nitrogens with zero attached hydrogens (tertiary/aromatic N) is 1. The number of halogens is 1. The summed E-state index contributed by atoms with van der Waals surface area (Å²) < 4.78 is 6.58. The Kier molecular flexibility index (Phi) is 4.00. The zero-order valence-electron chi connectivity index (χ0n) is 12.0. The Balaban J connectivity index is 1.92. The van der Waals surface area contributed by atoms with Gasteiger partial charge in [-0.1, -0.05) is 22.0 Å². The Hall–Kier alpha value is -1.39. The highest BCUT2D eigenvalue weighted by molar-refractivity contribution is 9.10. The Morgan fingerprint density at radius 1 is 1.29 bits per heavy atom.